The van der Waals surface area contributed by atoms with Crippen LogP contribution in [-0.2, 0) is 25.5 Å². The summed E-state index contributed by atoms with van der Waals surface area (Å²) in [4.78, 5) is 42.4. The number of hydrogen-bond acceptors (Lipinski definition) is 7. The van der Waals surface area contributed by atoms with Crippen LogP contribution in [0.4, 0.5) is 0 Å². The Morgan fingerprint density at radius 1 is 1.32 bits per heavy atom. The van der Waals surface area contributed by atoms with Crippen molar-refractivity contribution in [2.75, 3.05) is 20.2 Å². The summed E-state index contributed by atoms with van der Waals surface area (Å²) in [6.07, 6.45) is 5.19. The van der Waals surface area contributed by atoms with E-state index in [0.29, 0.717) is 18.7 Å². The number of esters is 1. The molecule has 0 bridgehead atoms. The average Bonchev–Trinajstić information content (AvgIpc) is 3.11. The molecule has 0 aliphatic rings. The minimum Gasteiger partial charge on any atom is -0.468 e. The maximum absolute atomic E-state index is 12.3. The monoisotopic (exact) mass is 354 g/mol. The zero-order chi connectivity index (χ0) is 18.7. The first-order chi connectivity index (χ1) is 12.0. The maximum atomic E-state index is 12.3. The molecule has 2 atom stereocenters. The van der Waals surface area contributed by atoms with Crippen molar-refractivity contribution >= 4 is 17.8 Å². The second-order valence-electron chi connectivity index (χ2n) is 5.53. The molecule has 1 aromatic rings. The lowest BCUT2D eigenvalue weighted by atomic mass is 10.1. The van der Waals surface area contributed by atoms with Gasteiger partial charge in [0.1, 0.15) is 12.6 Å². The molecule has 10 heteroatoms. The number of imidazole rings is 1. The molecular weight excluding hydrogens is 328 g/mol. The average molecular weight is 354 g/mol. The smallest absolute Gasteiger partial charge is 0.325 e. The van der Waals surface area contributed by atoms with Crippen LogP contribution in [0.3, 0.4) is 0 Å². The zero-order valence-electron chi connectivity index (χ0n) is 14.3. The minimum absolute atomic E-state index is 0.189. The number of carbonyl (C=O) groups excluding carboxylic acids is 3. The van der Waals surface area contributed by atoms with E-state index in [1.165, 1.54) is 13.4 Å². The second-order valence-corrected chi connectivity index (χ2v) is 5.53. The molecule has 0 fully saturated rings. The Labute approximate surface area is 146 Å². The van der Waals surface area contributed by atoms with Crippen LogP contribution >= 0.6 is 0 Å². The van der Waals surface area contributed by atoms with E-state index in [-0.39, 0.29) is 13.0 Å². The number of nitrogens with zero attached hydrogens (tertiary/aromatic N) is 1. The maximum Gasteiger partial charge on any atom is 0.325 e. The number of aromatic amines is 1. The summed E-state index contributed by atoms with van der Waals surface area (Å²) >= 11 is 0. The third kappa shape index (κ3) is 7.77. The number of hydrogen-bond donors (Lipinski definition) is 5. The van der Waals surface area contributed by atoms with Gasteiger partial charge in [-0.3, -0.25) is 14.4 Å². The minimum atomic E-state index is -0.891. The van der Waals surface area contributed by atoms with Crippen molar-refractivity contribution in [3.63, 3.8) is 0 Å². The van der Waals surface area contributed by atoms with E-state index >= 15 is 0 Å². The summed E-state index contributed by atoms with van der Waals surface area (Å²) in [7, 11) is 1.22. The number of nitrogens with two attached hydrogens (primary N) is 2. The summed E-state index contributed by atoms with van der Waals surface area (Å²) in [6.45, 7) is 0.250. The van der Waals surface area contributed by atoms with E-state index in [1.54, 1.807) is 6.20 Å². The van der Waals surface area contributed by atoms with Crippen molar-refractivity contribution in [1.82, 2.24) is 20.6 Å². The Morgan fingerprint density at radius 2 is 2.08 bits per heavy atom. The van der Waals surface area contributed by atoms with Gasteiger partial charge in [0.15, 0.2) is 0 Å². The number of nitrogens with one attached hydrogen (secondary N) is 3. The molecule has 1 heterocycles. The molecule has 0 unspecified atom stereocenters. The highest BCUT2D eigenvalue weighted by Gasteiger charge is 2.24. The molecule has 2 amide bonds. The van der Waals surface area contributed by atoms with Crippen LogP contribution < -0.4 is 22.1 Å². The fourth-order valence-corrected chi connectivity index (χ4v) is 2.10. The lowest BCUT2D eigenvalue weighted by Crippen LogP contribution is -2.53. The summed E-state index contributed by atoms with van der Waals surface area (Å²) in [5, 5.41) is 5.04. The van der Waals surface area contributed by atoms with Gasteiger partial charge in [-0.25, -0.2) is 4.98 Å². The normalized spacial score (nSPS) is 12.9. The van der Waals surface area contributed by atoms with Gasteiger partial charge in [0.05, 0.1) is 19.5 Å². The number of H-pyrrole nitrogens is 1. The highest BCUT2D eigenvalue weighted by atomic mass is 16.5. The first kappa shape index (κ1) is 20.6. The largest absolute Gasteiger partial charge is 0.468 e. The number of aromatic nitrogens is 2. The quantitative estimate of drug-likeness (QED) is 0.230. The molecule has 7 N–H and O–H groups in total. The van der Waals surface area contributed by atoms with Crippen LogP contribution in [0.25, 0.3) is 0 Å². The molecule has 140 valence electrons. The van der Waals surface area contributed by atoms with Crippen molar-refractivity contribution in [2.45, 2.75) is 37.8 Å². The molecule has 0 aromatic carbocycles. The first-order valence-electron chi connectivity index (χ1n) is 8.05. The molecule has 0 aliphatic heterocycles. The van der Waals surface area contributed by atoms with E-state index in [0.717, 1.165) is 12.8 Å². The molecule has 25 heavy (non-hydrogen) atoms. The number of carbonyl (C=O) groups is 3. The molecule has 0 saturated heterocycles. The summed E-state index contributed by atoms with van der Waals surface area (Å²) in [5.74, 6) is -1.53. The van der Waals surface area contributed by atoms with Gasteiger partial charge in [-0.05, 0) is 19.4 Å². The van der Waals surface area contributed by atoms with Gasteiger partial charge in [0.2, 0.25) is 11.8 Å². The third-order valence-corrected chi connectivity index (χ3v) is 3.55. The first-order valence-corrected chi connectivity index (χ1v) is 8.05. The Balaban J connectivity index is 2.65. The molecule has 10 nitrogen and oxygen atoms in total. The Kier molecular flexibility index (Phi) is 9.19. The molecule has 0 spiro atoms. The number of rotatable bonds is 11. The standard InChI is InChI=1S/C15H26N6O4/c1-25-13(22)8-19-15(24)12(6-10-7-18-9-20-10)21-14(23)11(17)4-2-3-5-16/h7,9,11-12H,2-6,8,16-17H2,1H3,(H,18,20)(H,19,24)(H,21,23)/t11-,12-/m0/s1. The predicted molar refractivity (Wildman–Crippen MR) is 90.1 cm³/mol. The van der Waals surface area contributed by atoms with Crippen molar-refractivity contribution in [3.8, 4) is 0 Å². The van der Waals surface area contributed by atoms with Crippen LogP contribution in [0.1, 0.15) is 25.0 Å². The fourth-order valence-electron chi connectivity index (χ4n) is 2.10. The van der Waals surface area contributed by atoms with Crippen LogP contribution in [-0.4, -0.2) is 60.0 Å². The Bertz CT molecular complexity index is 548. The zero-order valence-corrected chi connectivity index (χ0v) is 14.3. The van der Waals surface area contributed by atoms with Crippen molar-refractivity contribution < 1.29 is 19.1 Å². The lowest BCUT2D eigenvalue weighted by molar-refractivity contribution is -0.141. The van der Waals surface area contributed by atoms with E-state index in [9.17, 15) is 14.4 Å². The summed E-state index contributed by atoms with van der Waals surface area (Å²) in [6, 6.07) is -1.62. The number of amides is 2. The van der Waals surface area contributed by atoms with Gasteiger partial charge < -0.3 is 31.8 Å². The molecule has 1 aromatic heterocycles. The van der Waals surface area contributed by atoms with Crippen LogP contribution in [0.15, 0.2) is 12.5 Å². The topological polar surface area (TPSA) is 165 Å². The molecule has 1 rings (SSSR count). The van der Waals surface area contributed by atoms with Gasteiger partial charge in [0.25, 0.3) is 0 Å². The highest BCUT2D eigenvalue weighted by molar-refractivity contribution is 5.91. The van der Waals surface area contributed by atoms with Crippen molar-refractivity contribution in [2.24, 2.45) is 11.5 Å². The number of methoxy groups -OCH3 is 1. The van der Waals surface area contributed by atoms with E-state index in [4.69, 9.17) is 11.5 Å². The summed E-state index contributed by atoms with van der Waals surface area (Å²) in [5.41, 5.74) is 11.9. The highest BCUT2D eigenvalue weighted by Crippen LogP contribution is 2.02. The van der Waals surface area contributed by atoms with Gasteiger partial charge >= 0.3 is 5.97 Å². The fraction of sp³-hybridized carbons (Fsp3) is 0.600. The van der Waals surface area contributed by atoms with Crippen LogP contribution in [0.2, 0.25) is 0 Å². The number of unbranched alkanes of at least 4 members (excludes halogenated alkanes) is 1. The van der Waals surface area contributed by atoms with Crippen molar-refractivity contribution in [3.05, 3.63) is 18.2 Å². The molecule has 0 saturated carbocycles. The summed E-state index contributed by atoms with van der Waals surface area (Å²) < 4.78 is 4.47. The van der Waals surface area contributed by atoms with E-state index < -0.39 is 29.9 Å². The Hall–Kier alpha value is -2.46. The Morgan fingerprint density at radius 3 is 2.68 bits per heavy atom. The van der Waals surface area contributed by atoms with Crippen LogP contribution in [0.5, 0.6) is 0 Å². The molecule has 0 aliphatic carbocycles. The van der Waals surface area contributed by atoms with Gasteiger partial charge in [-0.15, -0.1) is 0 Å². The van der Waals surface area contributed by atoms with Crippen LogP contribution in [0, 0.1) is 0 Å². The van der Waals surface area contributed by atoms with Gasteiger partial charge in [0, 0.05) is 18.3 Å². The third-order valence-electron chi connectivity index (χ3n) is 3.55. The molecule has 0 radical (unpaired) electrons. The van der Waals surface area contributed by atoms with Gasteiger partial charge in [-0.1, -0.05) is 6.42 Å². The SMILES string of the molecule is COC(=O)CNC(=O)[C@H](Cc1cnc[nH]1)NC(=O)[C@@H](N)CCCCN. The second kappa shape index (κ2) is 11.2. The van der Waals surface area contributed by atoms with Gasteiger partial charge in [-0.2, -0.15) is 0 Å². The van der Waals surface area contributed by atoms with E-state index in [2.05, 4.69) is 25.3 Å². The lowest BCUT2D eigenvalue weighted by Gasteiger charge is -2.20. The van der Waals surface area contributed by atoms with E-state index in [1.807, 2.05) is 0 Å². The molecular formula is C15H26N6O4. The number of ether oxygens (including phenoxy) is 1. The van der Waals surface area contributed by atoms with Crippen molar-refractivity contribution in [1.29, 1.82) is 0 Å². The predicted octanol–water partition coefficient (Wildman–Crippen LogP) is -1.82.